The molecule has 0 saturated heterocycles. The van der Waals surface area contributed by atoms with Gasteiger partial charge in [0.2, 0.25) is 0 Å². The van der Waals surface area contributed by atoms with Gasteiger partial charge < -0.3 is 15.3 Å². The Morgan fingerprint density at radius 1 is 0.606 bits per heavy atom. The van der Waals surface area contributed by atoms with Crippen molar-refractivity contribution >= 4 is 0 Å². The van der Waals surface area contributed by atoms with Crippen LogP contribution in [-0.2, 0) is 10.8 Å². The highest BCUT2D eigenvalue weighted by atomic mass is 16.3. The van der Waals surface area contributed by atoms with Crippen LogP contribution in [0.5, 0.6) is 11.5 Å². The Morgan fingerprint density at radius 3 is 1.52 bits per heavy atom. The molecule has 3 aromatic rings. The van der Waals surface area contributed by atoms with E-state index in [1.165, 1.54) is 5.56 Å². The number of aliphatic hydroxyl groups is 1. The molecule has 0 amide bonds. The maximum absolute atomic E-state index is 9.88. The lowest BCUT2D eigenvalue weighted by atomic mass is 9.70. The van der Waals surface area contributed by atoms with Crippen LogP contribution in [-0.4, -0.2) is 21.4 Å². The van der Waals surface area contributed by atoms with Crippen molar-refractivity contribution in [2.45, 2.75) is 37.7 Å². The lowest BCUT2D eigenvalue weighted by molar-refractivity contribution is 0.272. The van der Waals surface area contributed by atoms with Gasteiger partial charge in [-0.2, -0.15) is 0 Å². The van der Waals surface area contributed by atoms with Crippen LogP contribution in [0.15, 0.2) is 109 Å². The Bertz CT molecular complexity index is 1150. The van der Waals surface area contributed by atoms with E-state index >= 15 is 0 Å². The summed E-state index contributed by atoms with van der Waals surface area (Å²) in [5, 5.41) is 29.5. The van der Waals surface area contributed by atoms with Gasteiger partial charge in [0.1, 0.15) is 11.5 Å². The molecule has 168 valence electrons. The fourth-order valence-electron chi connectivity index (χ4n) is 4.49. The predicted molar refractivity (Wildman–Crippen MR) is 134 cm³/mol. The first-order chi connectivity index (χ1) is 15.7. The summed E-state index contributed by atoms with van der Waals surface area (Å²) in [6.45, 7) is 6.53. The molecular formula is C30H30O3. The molecule has 3 heteroatoms. The first kappa shape index (κ1) is 22.6. The second kappa shape index (κ2) is 8.76. The lowest BCUT2D eigenvalue weighted by Gasteiger charge is -2.33. The van der Waals surface area contributed by atoms with Crippen molar-refractivity contribution in [3.63, 3.8) is 0 Å². The summed E-state index contributed by atoms with van der Waals surface area (Å²) in [6.07, 6.45) is 8.96. The van der Waals surface area contributed by atoms with Crippen molar-refractivity contribution in [1.29, 1.82) is 0 Å². The molecule has 3 nitrogen and oxygen atoms in total. The smallest absolute Gasteiger partial charge is 0.115 e. The van der Waals surface area contributed by atoms with E-state index in [-0.39, 0.29) is 16.9 Å². The number of aromatic hydroxyl groups is 2. The predicted octanol–water partition coefficient (Wildman–Crippen LogP) is 6.14. The molecule has 0 spiro atoms. The monoisotopic (exact) mass is 438 g/mol. The van der Waals surface area contributed by atoms with Gasteiger partial charge in [0.15, 0.2) is 0 Å². The van der Waals surface area contributed by atoms with Crippen LogP contribution in [0.1, 0.15) is 43.0 Å². The number of hydrogen-bond acceptors (Lipinski definition) is 3. The molecule has 0 bridgehead atoms. The van der Waals surface area contributed by atoms with E-state index in [1.54, 1.807) is 36.4 Å². The summed E-state index contributed by atoms with van der Waals surface area (Å²) in [5.41, 5.74) is 4.79. The molecule has 4 rings (SSSR count). The van der Waals surface area contributed by atoms with E-state index in [9.17, 15) is 15.3 Å². The van der Waals surface area contributed by atoms with Gasteiger partial charge >= 0.3 is 0 Å². The van der Waals surface area contributed by atoms with E-state index in [1.807, 2.05) is 36.4 Å². The second-order valence-corrected chi connectivity index (χ2v) is 9.28. The minimum absolute atomic E-state index is 0.229. The van der Waals surface area contributed by atoms with Gasteiger partial charge in [0.25, 0.3) is 0 Å². The average Bonchev–Trinajstić information content (AvgIpc) is 3.04. The Kier molecular flexibility index (Phi) is 6.01. The maximum Gasteiger partial charge on any atom is 0.115 e. The molecule has 0 heterocycles. The molecular weight excluding hydrogens is 408 g/mol. The molecule has 0 saturated carbocycles. The molecule has 0 aromatic heterocycles. The Hall–Kier alpha value is -3.56. The molecule has 1 aliphatic carbocycles. The Morgan fingerprint density at radius 2 is 1.03 bits per heavy atom. The molecule has 0 fully saturated rings. The number of phenols is 2. The van der Waals surface area contributed by atoms with Gasteiger partial charge in [0.05, 0.1) is 6.10 Å². The summed E-state index contributed by atoms with van der Waals surface area (Å²) in [4.78, 5) is 0. The van der Waals surface area contributed by atoms with Crippen LogP contribution >= 0.6 is 0 Å². The summed E-state index contributed by atoms with van der Waals surface area (Å²) in [6, 6.07) is 23.2. The topological polar surface area (TPSA) is 60.7 Å². The van der Waals surface area contributed by atoms with Crippen molar-refractivity contribution in [2.75, 3.05) is 0 Å². The number of rotatable bonds is 5. The largest absolute Gasteiger partial charge is 0.508 e. The van der Waals surface area contributed by atoms with Gasteiger partial charge in [-0.05, 0) is 59.0 Å². The third-order valence-electron chi connectivity index (χ3n) is 6.85. The number of phenolic OH excluding ortho intramolecular Hbond substituents is 2. The van der Waals surface area contributed by atoms with Crippen molar-refractivity contribution in [2.24, 2.45) is 0 Å². The quantitative estimate of drug-likeness (QED) is 0.419. The fraction of sp³-hybridized carbons (Fsp3) is 0.200. The number of benzene rings is 3. The Balaban J connectivity index is 1.77. The van der Waals surface area contributed by atoms with E-state index in [2.05, 4.69) is 51.1 Å². The van der Waals surface area contributed by atoms with Crippen LogP contribution in [0.4, 0.5) is 0 Å². The zero-order valence-electron chi connectivity index (χ0n) is 19.2. The van der Waals surface area contributed by atoms with Crippen molar-refractivity contribution in [3.05, 3.63) is 131 Å². The van der Waals surface area contributed by atoms with Crippen LogP contribution < -0.4 is 0 Å². The molecule has 0 aliphatic heterocycles. The summed E-state index contributed by atoms with van der Waals surface area (Å²) in [7, 11) is 0. The van der Waals surface area contributed by atoms with Crippen molar-refractivity contribution < 1.29 is 15.3 Å². The van der Waals surface area contributed by atoms with E-state index < -0.39 is 11.5 Å². The summed E-state index contributed by atoms with van der Waals surface area (Å²) < 4.78 is 0. The van der Waals surface area contributed by atoms with Gasteiger partial charge in [0, 0.05) is 10.8 Å². The van der Waals surface area contributed by atoms with E-state index in [0.717, 1.165) is 22.3 Å². The highest BCUT2D eigenvalue weighted by Gasteiger charge is 2.32. The van der Waals surface area contributed by atoms with Gasteiger partial charge in [-0.3, -0.25) is 0 Å². The highest BCUT2D eigenvalue weighted by Crippen LogP contribution is 2.41. The van der Waals surface area contributed by atoms with Crippen LogP contribution in [0, 0.1) is 0 Å². The average molecular weight is 439 g/mol. The van der Waals surface area contributed by atoms with E-state index in [4.69, 9.17) is 0 Å². The number of aliphatic hydroxyl groups excluding tert-OH is 1. The second-order valence-electron chi connectivity index (χ2n) is 9.28. The molecule has 3 aromatic carbocycles. The Labute approximate surface area is 195 Å². The van der Waals surface area contributed by atoms with Gasteiger partial charge in [-0.1, -0.05) is 92.8 Å². The first-order valence-electron chi connectivity index (χ1n) is 11.2. The molecule has 3 N–H and O–H groups in total. The first-order valence-corrected chi connectivity index (χ1v) is 11.2. The third-order valence-corrected chi connectivity index (χ3v) is 6.85. The minimum Gasteiger partial charge on any atom is -0.508 e. The minimum atomic E-state index is -0.562. The molecule has 1 aliphatic rings. The summed E-state index contributed by atoms with van der Waals surface area (Å²) in [5.74, 6) is 0.459. The summed E-state index contributed by atoms with van der Waals surface area (Å²) >= 11 is 0. The SMILES string of the molecule is CC(C)(C1=CC=CC(O)C=C1)c1ccc(C(C)(c2ccc(O)cc2)c2ccc(O)cc2)cc1. The lowest BCUT2D eigenvalue weighted by Crippen LogP contribution is -2.26. The van der Waals surface area contributed by atoms with Crippen molar-refractivity contribution in [3.8, 4) is 11.5 Å². The molecule has 0 radical (unpaired) electrons. The van der Waals surface area contributed by atoms with Crippen molar-refractivity contribution in [1.82, 2.24) is 0 Å². The van der Waals surface area contributed by atoms with E-state index in [0.29, 0.717) is 0 Å². The molecule has 1 unspecified atom stereocenters. The van der Waals surface area contributed by atoms with Crippen LogP contribution in [0.25, 0.3) is 0 Å². The zero-order valence-corrected chi connectivity index (χ0v) is 19.2. The third kappa shape index (κ3) is 4.37. The van der Waals surface area contributed by atoms with Crippen LogP contribution in [0.3, 0.4) is 0 Å². The normalized spacial score (nSPS) is 16.4. The fourth-order valence-corrected chi connectivity index (χ4v) is 4.49. The van der Waals surface area contributed by atoms with Gasteiger partial charge in [-0.15, -0.1) is 0 Å². The standard InChI is InChI=1S/C30H30O3/c1-29(2,21-5-4-6-26(31)16-11-21)22-7-9-23(10-8-22)30(3,24-12-17-27(32)18-13-24)25-14-19-28(33)20-15-25/h4-20,26,31-33H,1-3H3. The van der Waals surface area contributed by atoms with Gasteiger partial charge in [-0.25, -0.2) is 0 Å². The molecule has 1 atom stereocenters. The number of allylic oxidation sites excluding steroid dienone is 4. The van der Waals surface area contributed by atoms with Crippen LogP contribution in [0.2, 0.25) is 0 Å². The number of hydrogen-bond donors (Lipinski definition) is 3. The zero-order chi connectivity index (χ0) is 23.6. The molecule has 33 heavy (non-hydrogen) atoms. The highest BCUT2D eigenvalue weighted by molar-refractivity contribution is 5.53. The maximum atomic E-state index is 9.88.